The van der Waals surface area contributed by atoms with Crippen LogP contribution in [0.3, 0.4) is 0 Å². The van der Waals surface area contributed by atoms with E-state index in [0.29, 0.717) is 30.6 Å². The van der Waals surface area contributed by atoms with Crippen LogP contribution in [-0.2, 0) is 13.0 Å². The van der Waals surface area contributed by atoms with Crippen LogP contribution in [0.25, 0.3) is 17.3 Å². The fourth-order valence-electron chi connectivity index (χ4n) is 3.31. The molecule has 4 aromatic rings. The molecule has 29 heavy (non-hydrogen) atoms. The van der Waals surface area contributed by atoms with Crippen LogP contribution in [0.15, 0.2) is 34.9 Å². The maximum absolute atomic E-state index is 5.65. The van der Waals surface area contributed by atoms with Crippen molar-refractivity contribution in [1.82, 2.24) is 29.9 Å². The van der Waals surface area contributed by atoms with E-state index < -0.39 is 0 Å². The third-order valence-electron chi connectivity index (χ3n) is 4.85. The average molecular weight is 389 g/mol. The van der Waals surface area contributed by atoms with Gasteiger partial charge in [-0.25, -0.2) is 14.6 Å². The highest BCUT2D eigenvalue weighted by atomic mass is 16.5. The first-order chi connectivity index (χ1) is 13.9. The van der Waals surface area contributed by atoms with Gasteiger partial charge in [0.1, 0.15) is 0 Å². The Morgan fingerprint density at radius 1 is 0.966 bits per heavy atom. The minimum atomic E-state index is 0.496. The zero-order valence-corrected chi connectivity index (χ0v) is 17.0. The van der Waals surface area contributed by atoms with Gasteiger partial charge in [-0.05, 0) is 39.3 Å². The number of aromatic nitrogens is 6. The average Bonchev–Trinajstić information content (AvgIpc) is 3.27. The minimum Gasteiger partial charge on any atom is -0.339 e. The molecule has 0 aliphatic carbocycles. The van der Waals surface area contributed by atoms with Gasteiger partial charge in [-0.2, -0.15) is 10.1 Å². The third-order valence-corrected chi connectivity index (χ3v) is 4.85. The van der Waals surface area contributed by atoms with Crippen molar-refractivity contribution in [2.45, 2.75) is 40.7 Å². The van der Waals surface area contributed by atoms with E-state index in [1.807, 2.05) is 58.0 Å². The molecular formula is C21H23N7O. The number of aryl methyl sites for hydroxylation is 3. The Kier molecular flexibility index (Phi) is 4.94. The molecule has 4 rings (SSSR count). The van der Waals surface area contributed by atoms with Crippen molar-refractivity contribution in [3.8, 4) is 17.3 Å². The third kappa shape index (κ3) is 3.79. The van der Waals surface area contributed by atoms with Crippen molar-refractivity contribution in [1.29, 1.82) is 0 Å². The van der Waals surface area contributed by atoms with Crippen LogP contribution >= 0.6 is 0 Å². The van der Waals surface area contributed by atoms with Crippen LogP contribution in [0, 0.1) is 27.7 Å². The number of hydrogen-bond acceptors (Lipinski definition) is 7. The molecule has 8 heteroatoms. The molecule has 148 valence electrons. The molecule has 0 aliphatic heterocycles. The van der Waals surface area contributed by atoms with Gasteiger partial charge in [0.05, 0.1) is 12.1 Å². The first kappa shape index (κ1) is 18.9. The molecule has 3 heterocycles. The van der Waals surface area contributed by atoms with Crippen LogP contribution in [-0.4, -0.2) is 29.9 Å². The second kappa shape index (κ2) is 7.56. The first-order valence-corrected chi connectivity index (χ1v) is 9.44. The second-order valence-corrected chi connectivity index (χ2v) is 7.10. The number of hydrogen-bond donors (Lipinski definition) is 1. The summed E-state index contributed by atoms with van der Waals surface area (Å²) in [5.74, 6) is 1.67. The van der Waals surface area contributed by atoms with E-state index in [4.69, 9.17) is 10.3 Å². The van der Waals surface area contributed by atoms with Crippen molar-refractivity contribution in [2.75, 3.05) is 0 Å². The fourth-order valence-corrected chi connectivity index (χ4v) is 3.31. The molecule has 0 saturated heterocycles. The molecular weight excluding hydrogens is 366 g/mol. The Balaban J connectivity index is 1.62. The quantitative estimate of drug-likeness (QED) is 0.559. The van der Waals surface area contributed by atoms with E-state index in [0.717, 1.165) is 39.5 Å². The molecule has 8 nitrogen and oxygen atoms in total. The molecule has 0 unspecified atom stereocenters. The lowest BCUT2D eigenvalue weighted by Gasteiger charge is -2.05. The first-order valence-electron chi connectivity index (χ1n) is 9.44. The van der Waals surface area contributed by atoms with E-state index >= 15 is 0 Å². The molecule has 0 aliphatic rings. The standard InChI is InChI=1S/C21H23N7O/c1-12-9-13(2)24-21(23-12)28-15(4)18(14(3)26-28)10-19-25-20(27-29-19)17-7-5-16(11-22)6-8-17/h5-9H,10-11,22H2,1-4H3. The summed E-state index contributed by atoms with van der Waals surface area (Å²) >= 11 is 0. The van der Waals surface area contributed by atoms with E-state index in [-0.39, 0.29) is 0 Å². The van der Waals surface area contributed by atoms with E-state index in [9.17, 15) is 0 Å². The normalized spacial score (nSPS) is 11.2. The predicted molar refractivity (Wildman–Crippen MR) is 109 cm³/mol. The lowest BCUT2D eigenvalue weighted by atomic mass is 10.1. The maximum atomic E-state index is 5.65. The summed E-state index contributed by atoms with van der Waals surface area (Å²) in [4.78, 5) is 13.6. The topological polar surface area (TPSA) is 109 Å². The van der Waals surface area contributed by atoms with Crippen LogP contribution < -0.4 is 5.73 Å². The molecule has 0 amide bonds. The number of benzene rings is 1. The predicted octanol–water partition coefficient (Wildman–Crippen LogP) is 3.00. The van der Waals surface area contributed by atoms with Gasteiger partial charge in [-0.3, -0.25) is 0 Å². The monoisotopic (exact) mass is 389 g/mol. The van der Waals surface area contributed by atoms with Gasteiger partial charge >= 0.3 is 0 Å². The van der Waals surface area contributed by atoms with Crippen molar-refractivity contribution >= 4 is 0 Å². The largest absolute Gasteiger partial charge is 0.339 e. The summed E-state index contributed by atoms with van der Waals surface area (Å²) in [6.07, 6.45) is 0.496. The van der Waals surface area contributed by atoms with Gasteiger partial charge in [-0.15, -0.1) is 0 Å². The SMILES string of the molecule is Cc1cc(C)nc(-n2nc(C)c(Cc3nc(-c4ccc(CN)cc4)no3)c2C)n1. The lowest BCUT2D eigenvalue weighted by Crippen LogP contribution is -2.07. The van der Waals surface area contributed by atoms with Gasteiger partial charge in [0.25, 0.3) is 5.95 Å². The van der Waals surface area contributed by atoms with Crippen LogP contribution in [0.2, 0.25) is 0 Å². The molecule has 0 fully saturated rings. The minimum absolute atomic E-state index is 0.496. The lowest BCUT2D eigenvalue weighted by molar-refractivity contribution is 0.385. The van der Waals surface area contributed by atoms with Crippen molar-refractivity contribution in [2.24, 2.45) is 5.73 Å². The van der Waals surface area contributed by atoms with Crippen molar-refractivity contribution in [3.63, 3.8) is 0 Å². The van der Waals surface area contributed by atoms with E-state index in [1.54, 1.807) is 4.68 Å². The fraction of sp³-hybridized carbons (Fsp3) is 0.286. The Bertz CT molecular complexity index is 1140. The van der Waals surface area contributed by atoms with Gasteiger partial charge < -0.3 is 10.3 Å². The number of rotatable bonds is 5. The summed E-state index contributed by atoms with van der Waals surface area (Å²) in [6.45, 7) is 8.36. The van der Waals surface area contributed by atoms with Gasteiger partial charge in [0, 0.05) is 34.8 Å². The van der Waals surface area contributed by atoms with Gasteiger partial charge in [0.2, 0.25) is 11.7 Å². The van der Waals surface area contributed by atoms with E-state index in [2.05, 4.69) is 25.2 Å². The smallest absolute Gasteiger partial charge is 0.251 e. The molecule has 0 spiro atoms. The van der Waals surface area contributed by atoms with Crippen molar-refractivity contribution < 1.29 is 4.52 Å². The zero-order valence-electron chi connectivity index (χ0n) is 17.0. The molecule has 0 radical (unpaired) electrons. The van der Waals surface area contributed by atoms with Crippen LogP contribution in [0.5, 0.6) is 0 Å². The summed E-state index contributed by atoms with van der Waals surface area (Å²) in [5, 5.41) is 8.75. The zero-order chi connectivity index (χ0) is 20.5. The van der Waals surface area contributed by atoms with Crippen LogP contribution in [0.1, 0.15) is 39.8 Å². The van der Waals surface area contributed by atoms with Gasteiger partial charge in [-0.1, -0.05) is 29.4 Å². The highest BCUT2D eigenvalue weighted by Crippen LogP contribution is 2.22. The molecule has 1 aromatic carbocycles. The summed E-state index contributed by atoms with van der Waals surface area (Å²) < 4.78 is 7.26. The molecule has 0 bridgehead atoms. The molecule has 0 saturated carbocycles. The Morgan fingerprint density at radius 2 is 1.66 bits per heavy atom. The van der Waals surface area contributed by atoms with Gasteiger partial charge in [0.15, 0.2) is 0 Å². The second-order valence-electron chi connectivity index (χ2n) is 7.10. The highest BCUT2D eigenvalue weighted by Gasteiger charge is 2.18. The summed E-state index contributed by atoms with van der Waals surface area (Å²) in [6, 6.07) is 9.77. The molecule has 0 atom stereocenters. The maximum Gasteiger partial charge on any atom is 0.251 e. The molecule has 3 aromatic heterocycles. The number of nitrogens with zero attached hydrogens (tertiary/aromatic N) is 6. The molecule has 2 N–H and O–H groups in total. The van der Waals surface area contributed by atoms with Crippen LogP contribution in [0.4, 0.5) is 0 Å². The number of nitrogens with two attached hydrogens (primary N) is 1. The highest BCUT2D eigenvalue weighted by molar-refractivity contribution is 5.54. The Morgan fingerprint density at radius 3 is 2.31 bits per heavy atom. The van der Waals surface area contributed by atoms with E-state index in [1.165, 1.54) is 0 Å². The summed E-state index contributed by atoms with van der Waals surface area (Å²) in [5.41, 5.74) is 12.3. The Labute approximate surface area is 168 Å². The Hall–Kier alpha value is -3.39. The summed E-state index contributed by atoms with van der Waals surface area (Å²) in [7, 11) is 0. The van der Waals surface area contributed by atoms with Crippen molar-refractivity contribution in [3.05, 3.63) is 70.1 Å².